The molecule has 0 amide bonds. The highest BCUT2D eigenvalue weighted by molar-refractivity contribution is 7.89. The van der Waals surface area contributed by atoms with Crippen LogP contribution in [-0.2, 0) is 19.6 Å². The van der Waals surface area contributed by atoms with Gasteiger partial charge in [-0.2, -0.15) is 0 Å². The number of benzene rings is 4. The number of esters is 1. The average molecular weight is 367 g/mol. The Morgan fingerprint density at radius 1 is 0.962 bits per heavy atom. The molecule has 4 aromatic rings. The van der Waals surface area contributed by atoms with Gasteiger partial charge in [-0.05, 0) is 33.0 Å². The van der Waals surface area contributed by atoms with Crippen molar-refractivity contribution in [3.8, 4) is 0 Å². The van der Waals surface area contributed by atoms with E-state index < -0.39 is 16.0 Å². The molecule has 0 saturated carbocycles. The fourth-order valence-corrected chi connectivity index (χ4v) is 4.65. The fourth-order valence-electron chi connectivity index (χ4n) is 3.40. The minimum absolute atomic E-state index is 0.00177. The van der Waals surface area contributed by atoms with Crippen molar-refractivity contribution in [1.29, 1.82) is 0 Å². The van der Waals surface area contributed by atoms with Crippen LogP contribution in [0.15, 0.2) is 59.5 Å². The van der Waals surface area contributed by atoms with Gasteiger partial charge in [0.1, 0.15) is 6.61 Å². The van der Waals surface area contributed by atoms with Crippen LogP contribution in [0, 0.1) is 0 Å². The first-order chi connectivity index (χ1) is 12.5. The lowest BCUT2D eigenvalue weighted by Crippen LogP contribution is -2.28. The number of rotatable bonds is 5. The molecule has 6 heteroatoms. The van der Waals surface area contributed by atoms with Crippen LogP contribution < -0.4 is 4.72 Å². The second-order valence-corrected chi connectivity index (χ2v) is 7.90. The van der Waals surface area contributed by atoms with Crippen molar-refractivity contribution in [3.63, 3.8) is 0 Å². The van der Waals surface area contributed by atoms with Crippen LogP contribution in [-0.4, -0.2) is 27.5 Å². The number of ether oxygens (including phenoxy) is 1. The highest BCUT2D eigenvalue weighted by atomic mass is 32.2. The van der Waals surface area contributed by atoms with E-state index in [1.54, 1.807) is 6.07 Å². The molecule has 1 N–H and O–H groups in total. The normalized spacial score (nSPS) is 12.2. The van der Waals surface area contributed by atoms with Crippen molar-refractivity contribution in [2.24, 2.45) is 0 Å². The van der Waals surface area contributed by atoms with Crippen molar-refractivity contribution in [2.75, 3.05) is 13.2 Å². The van der Waals surface area contributed by atoms with Gasteiger partial charge in [0.2, 0.25) is 10.0 Å². The molecule has 0 aromatic heterocycles. The highest BCUT2D eigenvalue weighted by Crippen LogP contribution is 2.37. The van der Waals surface area contributed by atoms with E-state index in [1.165, 1.54) is 6.92 Å². The molecular formula is C20H17NO4S. The van der Waals surface area contributed by atoms with Crippen LogP contribution in [0.2, 0.25) is 0 Å². The van der Waals surface area contributed by atoms with Gasteiger partial charge in [-0.3, -0.25) is 4.79 Å². The lowest BCUT2D eigenvalue weighted by Gasteiger charge is -2.15. The first-order valence-electron chi connectivity index (χ1n) is 8.27. The van der Waals surface area contributed by atoms with Gasteiger partial charge >= 0.3 is 5.97 Å². The van der Waals surface area contributed by atoms with Crippen molar-refractivity contribution in [3.05, 3.63) is 54.6 Å². The molecule has 0 atom stereocenters. The Morgan fingerprint density at radius 2 is 1.62 bits per heavy atom. The number of carbonyl (C=O) groups excluding carboxylic acids is 1. The molecule has 4 aromatic carbocycles. The van der Waals surface area contributed by atoms with Crippen molar-refractivity contribution >= 4 is 48.3 Å². The number of hydrogen-bond donors (Lipinski definition) is 1. The van der Waals surface area contributed by atoms with Crippen LogP contribution >= 0.6 is 0 Å². The second kappa shape index (κ2) is 6.23. The molecular weight excluding hydrogens is 350 g/mol. The summed E-state index contributed by atoms with van der Waals surface area (Å²) in [5.74, 6) is -0.438. The predicted molar refractivity (Wildman–Crippen MR) is 102 cm³/mol. The average Bonchev–Trinajstić information content (AvgIpc) is 2.63. The predicted octanol–water partition coefficient (Wildman–Crippen LogP) is 3.43. The molecule has 0 spiro atoms. The van der Waals surface area contributed by atoms with Crippen molar-refractivity contribution in [1.82, 2.24) is 4.72 Å². The van der Waals surface area contributed by atoms with Crippen LogP contribution in [0.25, 0.3) is 32.3 Å². The Labute approximate surface area is 151 Å². The van der Waals surface area contributed by atoms with Crippen LogP contribution in [0.4, 0.5) is 0 Å². The smallest absolute Gasteiger partial charge is 0.302 e. The molecule has 4 rings (SSSR count). The first kappa shape index (κ1) is 16.8. The summed E-state index contributed by atoms with van der Waals surface area (Å²) in [6.45, 7) is 1.32. The lowest BCUT2D eigenvalue weighted by molar-refractivity contribution is -0.140. The number of carbonyl (C=O) groups is 1. The Kier molecular flexibility index (Phi) is 4.01. The molecule has 0 fully saturated rings. The Bertz CT molecular complexity index is 1230. The topological polar surface area (TPSA) is 72.5 Å². The summed E-state index contributed by atoms with van der Waals surface area (Å²) in [5.41, 5.74) is 0. The van der Waals surface area contributed by atoms with E-state index in [9.17, 15) is 13.2 Å². The molecule has 5 nitrogen and oxygen atoms in total. The summed E-state index contributed by atoms with van der Waals surface area (Å²) < 4.78 is 33.1. The summed E-state index contributed by atoms with van der Waals surface area (Å²) in [7, 11) is -3.75. The van der Waals surface area contributed by atoms with E-state index in [4.69, 9.17) is 4.74 Å². The van der Waals surface area contributed by atoms with Crippen LogP contribution in [0.3, 0.4) is 0 Å². The molecule has 0 heterocycles. The van der Waals surface area contributed by atoms with E-state index in [1.807, 2.05) is 42.5 Å². The summed E-state index contributed by atoms with van der Waals surface area (Å²) in [5, 5.41) is 5.67. The third-order valence-corrected chi connectivity index (χ3v) is 5.96. The summed E-state index contributed by atoms with van der Waals surface area (Å²) in [6, 6.07) is 17.3. The Morgan fingerprint density at radius 3 is 2.35 bits per heavy atom. The molecule has 0 bridgehead atoms. The van der Waals surface area contributed by atoms with E-state index >= 15 is 0 Å². The fraction of sp³-hybridized carbons (Fsp3) is 0.150. The molecule has 0 aliphatic heterocycles. The third-order valence-electron chi connectivity index (χ3n) is 4.46. The van der Waals surface area contributed by atoms with Gasteiger partial charge in [0.15, 0.2) is 0 Å². The zero-order valence-electron chi connectivity index (χ0n) is 14.2. The maximum absolute atomic E-state index is 12.9. The van der Waals surface area contributed by atoms with Gasteiger partial charge in [0.25, 0.3) is 0 Å². The Balaban J connectivity index is 1.88. The van der Waals surface area contributed by atoms with E-state index in [2.05, 4.69) is 10.8 Å². The zero-order valence-corrected chi connectivity index (χ0v) is 15.0. The maximum Gasteiger partial charge on any atom is 0.302 e. The van der Waals surface area contributed by atoms with Crippen molar-refractivity contribution in [2.45, 2.75) is 11.8 Å². The summed E-state index contributed by atoms with van der Waals surface area (Å²) in [4.78, 5) is 11.1. The van der Waals surface area contributed by atoms with Gasteiger partial charge in [0.05, 0.1) is 4.90 Å². The van der Waals surface area contributed by atoms with Crippen LogP contribution in [0.5, 0.6) is 0 Å². The summed E-state index contributed by atoms with van der Waals surface area (Å²) in [6.07, 6.45) is 0. The number of hydrogen-bond acceptors (Lipinski definition) is 4. The minimum Gasteiger partial charge on any atom is -0.464 e. The SMILES string of the molecule is CC(=O)OCCNS(=O)(=O)c1cc2cccc3ccc4cccc1c4c32. The Hall–Kier alpha value is -2.70. The van der Waals surface area contributed by atoms with Gasteiger partial charge in [-0.15, -0.1) is 0 Å². The molecule has 0 aliphatic carbocycles. The van der Waals surface area contributed by atoms with Gasteiger partial charge in [-0.1, -0.05) is 48.5 Å². The molecule has 26 heavy (non-hydrogen) atoms. The molecule has 132 valence electrons. The largest absolute Gasteiger partial charge is 0.464 e. The quantitative estimate of drug-likeness (QED) is 0.333. The van der Waals surface area contributed by atoms with Gasteiger partial charge in [0, 0.05) is 18.9 Å². The highest BCUT2D eigenvalue weighted by Gasteiger charge is 2.20. The van der Waals surface area contributed by atoms with Crippen molar-refractivity contribution < 1.29 is 17.9 Å². The second-order valence-electron chi connectivity index (χ2n) is 6.16. The molecule has 0 radical (unpaired) electrons. The minimum atomic E-state index is -3.75. The van der Waals surface area contributed by atoms with E-state index in [-0.39, 0.29) is 18.0 Å². The van der Waals surface area contributed by atoms with E-state index in [0.29, 0.717) is 5.39 Å². The zero-order chi connectivity index (χ0) is 18.3. The molecule has 0 saturated heterocycles. The molecule has 0 unspecified atom stereocenters. The van der Waals surface area contributed by atoms with E-state index in [0.717, 1.165) is 26.9 Å². The number of sulfonamides is 1. The monoisotopic (exact) mass is 367 g/mol. The lowest BCUT2D eigenvalue weighted by atomic mass is 9.94. The maximum atomic E-state index is 12.9. The van der Waals surface area contributed by atoms with Gasteiger partial charge in [-0.25, -0.2) is 13.1 Å². The van der Waals surface area contributed by atoms with Gasteiger partial charge < -0.3 is 4.74 Å². The standard InChI is InChI=1S/C20H17NO4S/c1-13(22)25-11-10-21-26(23,24)18-12-16-6-2-4-14-8-9-15-5-3-7-17(18)20(15)19(14)16/h2-9,12,21H,10-11H2,1H3. The summed E-state index contributed by atoms with van der Waals surface area (Å²) >= 11 is 0. The molecule has 0 aliphatic rings. The van der Waals surface area contributed by atoms with Crippen LogP contribution in [0.1, 0.15) is 6.92 Å². The number of nitrogens with one attached hydrogen (secondary N) is 1. The first-order valence-corrected chi connectivity index (χ1v) is 9.75. The third kappa shape index (κ3) is 2.77.